The van der Waals surface area contributed by atoms with E-state index in [0.29, 0.717) is 41.2 Å². The number of aromatic hydroxyl groups is 1. The maximum Gasteiger partial charge on any atom is 0.407 e. The fraction of sp³-hybridized carbons (Fsp3) is 0.510. The molecule has 4 aromatic rings. The Hall–Kier alpha value is -7.25. The summed E-state index contributed by atoms with van der Waals surface area (Å²) >= 11 is 0. The molecule has 5 amide bonds. The van der Waals surface area contributed by atoms with Gasteiger partial charge in [0, 0.05) is 49.0 Å². The van der Waals surface area contributed by atoms with Crippen molar-refractivity contribution in [3.05, 3.63) is 72.3 Å². The Balaban J connectivity index is 1.34. The molecular weight excluding hydrogens is 913 g/mol. The van der Waals surface area contributed by atoms with E-state index in [-0.39, 0.29) is 43.4 Å². The molecule has 3 heterocycles. The molecule has 20 heteroatoms. The highest BCUT2D eigenvalue weighted by atomic mass is 16.6. The maximum atomic E-state index is 13.4. The van der Waals surface area contributed by atoms with Crippen molar-refractivity contribution in [3.63, 3.8) is 0 Å². The predicted molar refractivity (Wildman–Crippen MR) is 272 cm³/mol. The van der Waals surface area contributed by atoms with Gasteiger partial charge in [-0.2, -0.15) is 9.97 Å². The van der Waals surface area contributed by atoms with Crippen LogP contribution in [0.4, 0.5) is 48.1 Å². The second-order valence-electron chi connectivity index (χ2n) is 21.9. The lowest BCUT2D eigenvalue weighted by Crippen LogP contribution is -2.59. The number of ether oxygens (including phenoxy) is 4. The van der Waals surface area contributed by atoms with E-state index in [2.05, 4.69) is 31.9 Å². The van der Waals surface area contributed by atoms with Gasteiger partial charge in [-0.3, -0.25) is 4.79 Å². The Morgan fingerprint density at radius 2 is 0.972 bits per heavy atom. The Bertz CT molecular complexity index is 2390. The van der Waals surface area contributed by atoms with Crippen LogP contribution in [0.1, 0.15) is 106 Å². The number of hydrogen-bond donors (Lipinski definition) is 7. The summed E-state index contributed by atoms with van der Waals surface area (Å²) in [5.41, 5.74) is -1.88. The molecule has 1 aromatic heterocycles. The lowest BCUT2D eigenvalue weighted by Gasteiger charge is -2.40. The van der Waals surface area contributed by atoms with Crippen molar-refractivity contribution in [2.45, 2.75) is 142 Å². The first-order valence-corrected chi connectivity index (χ1v) is 23.8. The summed E-state index contributed by atoms with van der Waals surface area (Å²) in [4.78, 5) is 79.8. The van der Waals surface area contributed by atoms with Crippen LogP contribution in [0.3, 0.4) is 0 Å². The molecule has 2 aliphatic heterocycles. The van der Waals surface area contributed by atoms with Gasteiger partial charge in [0.1, 0.15) is 39.8 Å². The SMILES string of the molecule is CC(C)(C)OC(=O)N[C@@H]1C[C@H](NC(=O)OC(C)(C)C)CN(c2cc(Nc3ccc(NC(=O)c4ccc5ccccc5c4O)cc3)nc(N3C[C@H](NC(=O)OC(C)(C)C)C[C@H](NC(=O)OC(C)(C)C)C3)n2)C1. The summed E-state index contributed by atoms with van der Waals surface area (Å²) in [6.45, 7) is 22.2. The number of nitrogens with zero attached hydrogens (tertiary/aromatic N) is 4. The fourth-order valence-corrected chi connectivity index (χ4v) is 8.07. The number of amides is 5. The summed E-state index contributed by atoms with van der Waals surface area (Å²) in [6, 6.07) is 17.1. The van der Waals surface area contributed by atoms with E-state index in [1.54, 1.807) is 138 Å². The van der Waals surface area contributed by atoms with Gasteiger partial charge in [0.15, 0.2) is 0 Å². The standard InChI is InChI=1S/C51H70N10O10/c1-48(2,3)68-44(64)54-33-23-34(55-45(65)69-49(4,5)6)27-60(26-33)40-25-39(52-31-18-20-32(21-19-31)53-42(63)38-22-17-30-15-13-14-16-37(30)41(38)62)58-43(59-40)61-28-35(56-46(66)70-50(7,8)9)24-36(29-61)57-47(67)71-51(10,11)12/h13-22,25,33-36,62H,23-24,26-29H2,1-12H3,(H,53,63)(H,54,64)(H,55,65)(H,56,66)(H,57,67)(H,52,58,59)/t33-,34+,35-,36+. The zero-order valence-electron chi connectivity index (χ0n) is 42.8. The van der Waals surface area contributed by atoms with Crippen molar-refractivity contribution in [1.29, 1.82) is 0 Å². The Morgan fingerprint density at radius 3 is 1.42 bits per heavy atom. The molecule has 4 atom stereocenters. The first-order chi connectivity index (χ1) is 33.0. The minimum absolute atomic E-state index is 0.116. The average molecular weight is 983 g/mol. The van der Waals surface area contributed by atoms with Crippen molar-refractivity contribution in [3.8, 4) is 5.75 Å². The van der Waals surface area contributed by atoms with E-state index in [4.69, 9.17) is 28.9 Å². The number of phenolic OH excluding ortho intramolecular Hbond substituents is 1. The molecule has 71 heavy (non-hydrogen) atoms. The van der Waals surface area contributed by atoms with Crippen LogP contribution < -0.4 is 41.7 Å². The highest BCUT2D eigenvalue weighted by Crippen LogP contribution is 2.31. The number of anilines is 5. The number of carbonyl (C=O) groups excluding carboxylic acids is 5. The zero-order chi connectivity index (χ0) is 52.1. The number of fused-ring (bicyclic) bond motifs is 1. The Kier molecular flexibility index (Phi) is 16.0. The number of rotatable bonds is 10. The molecule has 6 rings (SSSR count). The number of nitrogens with one attached hydrogen (secondary N) is 6. The number of hydrogen-bond acceptors (Lipinski definition) is 15. The first-order valence-electron chi connectivity index (χ1n) is 23.8. The van der Waals surface area contributed by atoms with Crippen molar-refractivity contribution < 1.29 is 48.0 Å². The van der Waals surface area contributed by atoms with Crippen LogP contribution in [0.2, 0.25) is 0 Å². The molecule has 2 aliphatic rings. The van der Waals surface area contributed by atoms with Crippen LogP contribution in [0, 0.1) is 0 Å². The monoisotopic (exact) mass is 983 g/mol. The summed E-state index contributed by atoms with van der Waals surface area (Å²) in [5.74, 6) is 0.395. The quantitative estimate of drug-likeness (QED) is 0.0739. The number of carbonyl (C=O) groups is 5. The van der Waals surface area contributed by atoms with E-state index >= 15 is 0 Å². The zero-order valence-corrected chi connectivity index (χ0v) is 42.8. The second kappa shape index (κ2) is 21.4. The van der Waals surface area contributed by atoms with Gasteiger partial charge in [0.05, 0.1) is 29.7 Å². The molecule has 3 aromatic carbocycles. The van der Waals surface area contributed by atoms with Crippen LogP contribution in [-0.2, 0) is 18.9 Å². The van der Waals surface area contributed by atoms with Gasteiger partial charge in [-0.1, -0.05) is 30.3 Å². The van der Waals surface area contributed by atoms with Crippen molar-refractivity contribution >= 4 is 70.0 Å². The second-order valence-corrected chi connectivity index (χ2v) is 21.9. The Morgan fingerprint density at radius 1 is 0.549 bits per heavy atom. The van der Waals surface area contributed by atoms with Crippen LogP contribution in [-0.4, -0.2) is 118 Å². The first kappa shape index (κ1) is 53.1. The molecule has 0 saturated carbocycles. The Labute approximate surface area is 415 Å². The van der Waals surface area contributed by atoms with Gasteiger partial charge in [-0.25, -0.2) is 19.2 Å². The van der Waals surface area contributed by atoms with Crippen LogP contribution in [0.25, 0.3) is 10.8 Å². The highest BCUT2D eigenvalue weighted by molar-refractivity contribution is 6.09. The number of benzene rings is 3. The molecule has 0 unspecified atom stereocenters. The number of aromatic nitrogens is 2. The summed E-state index contributed by atoms with van der Waals surface area (Å²) < 4.78 is 22.4. The molecule has 0 bridgehead atoms. The molecule has 0 aliphatic carbocycles. The van der Waals surface area contributed by atoms with Crippen LogP contribution >= 0.6 is 0 Å². The molecular formula is C51H70N10O10. The predicted octanol–water partition coefficient (Wildman–Crippen LogP) is 8.32. The third-order valence-electron chi connectivity index (χ3n) is 10.7. The molecule has 7 N–H and O–H groups in total. The van der Waals surface area contributed by atoms with Gasteiger partial charge in [-0.05, 0) is 132 Å². The van der Waals surface area contributed by atoms with E-state index in [1.165, 1.54) is 0 Å². The van der Waals surface area contributed by atoms with E-state index < -0.39 is 76.9 Å². The van der Waals surface area contributed by atoms with E-state index in [0.717, 1.165) is 5.39 Å². The highest BCUT2D eigenvalue weighted by Gasteiger charge is 2.36. The van der Waals surface area contributed by atoms with E-state index in [1.807, 2.05) is 21.9 Å². The number of phenols is 1. The van der Waals surface area contributed by atoms with Gasteiger partial charge >= 0.3 is 24.4 Å². The molecule has 2 fully saturated rings. The molecule has 0 spiro atoms. The number of alkyl carbamates (subject to hydrolysis) is 4. The summed E-state index contributed by atoms with van der Waals surface area (Å²) in [7, 11) is 0. The van der Waals surface area contributed by atoms with Gasteiger partial charge in [-0.15, -0.1) is 0 Å². The smallest absolute Gasteiger partial charge is 0.407 e. The average Bonchev–Trinajstić information content (AvgIpc) is 3.21. The van der Waals surface area contributed by atoms with Crippen LogP contribution in [0.5, 0.6) is 5.75 Å². The normalized spacial score (nSPS) is 18.6. The van der Waals surface area contributed by atoms with Gasteiger partial charge < -0.3 is 65.8 Å². The summed E-state index contributed by atoms with van der Waals surface area (Å²) in [5, 5.41) is 30.4. The minimum Gasteiger partial charge on any atom is -0.506 e. The minimum atomic E-state index is -0.768. The van der Waals surface area contributed by atoms with Crippen molar-refractivity contribution in [2.75, 3.05) is 46.6 Å². The molecule has 20 nitrogen and oxygen atoms in total. The third kappa shape index (κ3) is 16.4. The largest absolute Gasteiger partial charge is 0.506 e. The molecule has 2 saturated heterocycles. The van der Waals surface area contributed by atoms with Gasteiger partial charge in [0.25, 0.3) is 5.91 Å². The third-order valence-corrected chi connectivity index (χ3v) is 10.7. The van der Waals surface area contributed by atoms with E-state index in [9.17, 15) is 29.1 Å². The van der Waals surface area contributed by atoms with Gasteiger partial charge in [0.2, 0.25) is 5.95 Å². The lowest BCUT2D eigenvalue weighted by molar-refractivity contribution is 0.0452. The topological polar surface area (TPSA) is 247 Å². The van der Waals surface area contributed by atoms with Crippen LogP contribution in [0.15, 0.2) is 66.7 Å². The van der Waals surface area contributed by atoms with Crippen molar-refractivity contribution in [1.82, 2.24) is 31.2 Å². The molecule has 384 valence electrons. The molecule has 0 radical (unpaired) electrons. The lowest BCUT2D eigenvalue weighted by atomic mass is 10.0. The van der Waals surface area contributed by atoms with Crippen molar-refractivity contribution in [2.24, 2.45) is 0 Å². The fourth-order valence-electron chi connectivity index (χ4n) is 8.07. The summed E-state index contributed by atoms with van der Waals surface area (Å²) in [6.07, 6.45) is -1.83. The maximum absolute atomic E-state index is 13.4. The number of piperidine rings is 2.